The highest BCUT2D eigenvalue weighted by Crippen LogP contribution is 2.64. The first-order valence-electron chi connectivity index (χ1n) is 19.0. The third-order valence-electron chi connectivity index (χ3n) is 12.9. The number of aromatic hydroxyl groups is 1. The lowest BCUT2D eigenvalue weighted by Gasteiger charge is -2.55. The summed E-state index contributed by atoms with van der Waals surface area (Å²) in [6, 6.07) is 32.5. The van der Waals surface area contributed by atoms with Crippen LogP contribution in [0.1, 0.15) is 53.9 Å². The van der Waals surface area contributed by atoms with Gasteiger partial charge in [-0.3, -0.25) is 29.0 Å². The van der Waals surface area contributed by atoms with Gasteiger partial charge < -0.3 is 5.11 Å². The van der Waals surface area contributed by atoms with E-state index in [4.69, 9.17) is 0 Å². The molecule has 4 aromatic rings. The van der Waals surface area contributed by atoms with E-state index in [1.54, 1.807) is 18.2 Å². The molecule has 0 unspecified atom stereocenters. The van der Waals surface area contributed by atoms with Crippen LogP contribution in [-0.4, -0.2) is 57.4 Å². The largest absolute Gasteiger partial charge is 0.505 e. The normalized spacial score (nSPS) is 28.6. The van der Waals surface area contributed by atoms with Crippen molar-refractivity contribution in [1.29, 1.82) is 0 Å². The summed E-state index contributed by atoms with van der Waals surface area (Å²) >= 11 is 0. The maximum atomic E-state index is 15.4. The molecule has 272 valence electrons. The van der Waals surface area contributed by atoms with Crippen LogP contribution in [0.5, 0.6) is 5.75 Å². The lowest BCUT2D eigenvalue weighted by molar-refractivity contribution is -0.144. The molecule has 3 aliphatic carbocycles. The first-order valence-corrected chi connectivity index (χ1v) is 19.0. The molecule has 7 nitrogen and oxygen atoms in total. The molecule has 5 aliphatic rings. The van der Waals surface area contributed by atoms with Gasteiger partial charge >= 0.3 is 0 Å². The van der Waals surface area contributed by atoms with E-state index in [0.29, 0.717) is 29.5 Å². The number of imide groups is 1. The lowest BCUT2D eigenvalue weighted by Crippen LogP contribution is -2.59. The fourth-order valence-corrected chi connectivity index (χ4v) is 10.5. The van der Waals surface area contributed by atoms with Gasteiger partial charge in [-0.05, 0) is 60.4 Å². The predicted molar refractivity (Wildman–Crippen MR) is 201 cm³/mol. The fourth-order valence-electron chi connectivity index (χ4n) is 10.5. The molecule has 6 atom stereocenters. The molecule has 2 amide bonds. The number of phenolic OH excluding ortho intramolecular Hbond substituents is 1. The minimum Gasteiger partial charge on any atom is -0.505 e. The van der Waals surface area contributed by atoms with Crippen molar-refractivity contribution in [3.05, 3.63) is 155 Å². The average Bonchev–Trinajstić information content (AvgIpc) is 3.46. The van der Waals surface area contributed by atoms with Crippen molar-refractivity contribution < 1.29 is 28.7 Å². The molecule has 2 aliphatic heterocycles. The Bertz CT molecular complexity index is 2210. The molecule has 54 heavy (non-hydrogen) atoms. The number of para-hydroxylation sites is 1. The summed E-state index contributed by atoms with van der Waals surface area (Å²) in [6.45, 7) is 2.32. The molecule has 0 aromatic heterocycles. The van der Waals surface area contributed by atoms with Crippen LogP contribution in [0.3, 0.4) is 0 Å². The smallest absolute Gasteiger partial charge is 0.233 e. The molecule has 2 saturated heterocycles. The zero-order valence-electron chi connectivity index (χ0n) is 29.8. The number of ketones is 2. The van der Waals surface area contributed by atoms with E-state index >= 15 is 14.0 Å². The number of carbonyl (C=O) groups excluding carboxylic acids is 4. The number of carbonyl (C=O) groups is 4. The van der Waals surface area contributed by atoms with E-state index in [1.807, 2.05) is 72.8 Å². The van der Waals surface area contributed by atoms with Crippen molar-refractivity contribution in [2.75, 3.05) is 13.1 Å². The number of hydrogen-bond acceptors (Lipinski definition) is 6. The highest BCUT2D eigenvalue weighted by molar-refractivity contribution is 6.31. The minimum atomic E-state index is -1.53. The van der Waals surface area contributed by atoms with Crippen LogP contribution in [0.4, 0.5) is 4.39 Å². The Labute approximate surface area is 313 Å². The van der Waals surface area contributed by atoms with Gasteiger partial charge in [0.05, 0.1) is 17.3 Å². The first-order chi connectivity index (χ1) is 26.3. The number of fused-ring (bicyclic) bond motifs is 4. The highest BCUT2D eigenvalue weighted by atomic mass is 19.1. The van der Waals surface area contributed by atoms with Crippen molar-refractivity contribution >= 4 is 29.0 Å². The average molecular weight is 721 g/mol. The van der Waals surface area contributed by atoms with Crippen LogP contribution < -0.4 is 0 Å². The van der Waals surface area contributed by atoms with Gasteiger partial charge in [0.25, 0.3) is 0 Å². The third-order valence-corrected chi connectivity index (χ3v) is 12.9. The molecule has 1 saturated carbocycles. The number of piperidine rings is 1. The Morgan fingerprint density at radius 2 is 1.43 bits per heavy atom. The molecule has 8 heteroatoms. The molecule has 3 fully saturated rings. The standard InChI is InChI=1S/C46H41FN2O5/c47-38-18-10-17-34(43(38)52)41-32-19-20-33-40(45(54)49(44(33)53)31-21-23-48(24-22-31)27-28-11-4-1-5-12-28)36(32)25-37-42(51)35(29-13-6-2-7-14-29)26-39(50)46(37,41)30-15-8-3-9-16-30/h1-19,26,31,33,36-37,40-41,52H,20-25,27H2/t33-,36+,37-,40-,41+,46-/m0/s1. The maximum Gasteiger partial charge on any atom is 0.233 e. The second-order valence-electron chi connectivity index (χ2n) is 15.5. The summed E-state index contributed by atoms with van der Waals surface area (Å²) in [5, 5.41) is 11.4. The number of allylic oxidation sites excluding steroid dienone is 4. The molecule has 2 heterocycles. The van der Waals surface area contributed by atoms with Gasteiger partial charge in [0, 0.05) is 48.6 Å². The SMILES string of the molecule is O=C1C(c2ccccc2)=CC(=O)[C@@]2(c3ccccc3)[C@@H](c3cccc(F)c3O)C3=CC[C@@H]4C(=O)N(C5CCN(Cc6ccccc6)CC5)C(=O)[C@@H]4[C@@H]3C[C@@H]12. The van der Waals surface area contributed by atoms with E-state index in [1.165, 1.54) is 28.7 Å². The summed E-state index contributed by atoms with van der Waals surface area (Å²) in [7, 11) is 0. The van der Waals surface area contributed by atoms with E-state index in [2.05, 4.69) is 17.0 Å². The van der Waals surface area contributed by atoms with Crippen LogP contribution in [0.2, 0.25) is 0 Å². The number of rotatable bonds is 6. The number of amides is 2. The van der Waals surface area contributed by atoms with Gasteiger partial charge in [0.1, 0.15) is 0 Å². The van der Waals surface area contributed by atoms with Crippen LogP contribution in [0, 0.1) is 29.5 Å². The van der Waals surface area contributed by atoms with Crippen molar-refractivity contribution in [3.8, 4) is 5.75 Å². The highest BCUT2D eigenvalue weighted by Gasteiger charge is 2.66. The van der Waals surface area contributed by atoms with Crippen LogP contribution in [0.15, 0.2) is 127 Å². The monoisotopic (exact) mass is 720 g/mol. The number of nitrogens with zero attached hydrogens (tertiary/aromatic N) is 2. The molecule has 1 N–H and O–H groups in total. The quantitative estimate of drug-likeness (QED) is 0.170. The van der Waals surface area contributed by atoms with Crippen LogP contribution in [0.25, 0.3) is 5.57 Å². The number of benzene rings is 4. The van der Waals surface area contributed by atoms with E-state index in [-0.39, 0.29) is 53.4 Å². The predicted octanol–water partition coefficient (Wildman–Crippen LogP) is 7.02. The van der Waals surface area contributed by atoms with Gasteiger partial charge in [-0.1, -0.05) is 115 Å². The fraction of sp³-hybridized carbons (Fsp3) is 0.304. The van der Waals surface area contributed by atoms with Crippen molar-refractivity contribution in [2.24, 2.45) is 23.7 Å². The zero-order valence-corrected chi connectivity index (χ0v) is 29.8. The van der Waals surface area contributed by atoms with Crippen molar-refractivity contribution in [2.45, 2.75) is 49.6 Å². The second-order valence-corrected chi connectivity index (χ2v) is 15.5. The van der Waals surface area contributed by atoms with Gasteiger partial charge in [-0.15, -0.1) is 0 Å². The molecular formula is C46H41FN2O5. The Hall–Kier alpha value is -5.47. The summed E-state index contributed by atoms with van der Waals surface area (Å²) in [4.78, 5) is 63.1. The van der Waals surface area contributed by atoms with E-state index in [9.17, 15) is 14.7 Å². The van der Waals surface area contributed by atoms with E-state index < -0.39 is 46.6 Å². The summed E-state index contributed by atoms with van der Waals surface area (Å²) < 4.78 is 15.4. The van der Waals surface area contributed by atoms with Gasteiger partial charge in [0.2, 0.25) is 11.8 Å². The zero-order chi connectivity index (χ0) is 37.1. The van der Waals surface area contributed by atoms with E-state index in [0.717, 1.165) is 19.6 Å². The topological polar surface area (TPSA) is 95.0 Å². The second kappa shape index (κ2) is 13.4. The number of Topliss-reactive ketones (excluding diaryl/α,β-unsaturated/α-hetero) is 1. The van der Waals surface area contributed by atoms with Crippen molar-refractivity contribution in [1.82, 2.24) is 9.80 Å². The number of halogens is 1. The molecule has 9 rings (SSSR count). The molecular weight excluding hydrogens is 680 g/mol. The van der Waals surface area contributed by atoms with Gasteiger partial charge in [0.15, 0.2) is 23.1 Å². The molecule has 4 aromatic carbocycles. The Morgan fingerprint density at radius 1 is 0.759 bits per heavy atom. The van der Waals surface area contributed by atoms with Crippen LogP contribution in [-0.2, 0) is 31.1 Å². The molecule has 0 spiro atoms. The third kappa shape index (κ3) is 5.25. The molecule has 0 radical (unpaired) electrons. The summed E-state index contributed by atoms with van der Waals surface area (Å²) in [6.07, 6.45) is 5.16. The van der Waals surface area contributed by atoms with Crippen molar-refractivity contribution in [3.63, 3.8) is 0 Å². The Kier molecular flexibility index (Phi) is 8.53. The Morgan fingerprint density at radius 3 is 2.13 bits per heavy atom. The van der Waals surface area contributed by atoms with Crippen LogP contribution >= 0.6 is 0 Å². The number of likely N-dealkylation sites (tertiary alicyclic amines) is 2. The first kappa shape index (κ1) is 34.3. The maximum absolute atomic E-state index is 15.4. The van der Waals surface area contributed by atoms with Gasteiger partial charge in [-0.2, -0.15) is 0 Å². The lowest BCUT2D eigenvalue weighted by atomic mass is 9.44. The minimum absolute atomic E-state index is 0.158. The number of phenols is 1. The molecule has 0 bridgehead atoms. The summed E-state index contributed by atoms with van der Waals surface area (Å²) in [5.74, 6) is -6.23. The Balaban J connectivity index is 1.13. The number of hydrogen-bond donors (Lipinski definition) is 1. The van der Waals surface area contributed by atoms with Gasteiger partial charge in [-0.25, -0.2) is 4.39 Å². The summed E-state index contributed by atoms with van der Waals surface area (Å²) in [5.41, 5.74) is 2.07.